The highest BCUT2D eigenvalue weighted by Gasteiger charge is 2.26. The summed E-state index contributed by atoms with van der Waals surface area (Å²) in [6.45, 7) is 7.70. The summed E-state index contributed by atoms with van der Waals surface area (Å²) in [5, 5.41) is 7.23. The van der Waals surface area contributed by atoms with Crippen LogP contribution in [0.4, 0.5) is 0 Å². The lowest BCUT2D eigenvalue weighted by atomic mass is 9.95. The van der Waals surface area contributed by atoms with Gasteiger partial charge in [0.1, 0.15) is 0 Å². The molecule has 25 heavy (non-hydrogen) atoms. The van der Waals surface area contributed by atoms with Crippen LogP contribution in [0.5, 0.6) is 0 Å². The number of nitrogens with one attached hydrogen (secondary N) is 2. The van der Waals surface area contributed by atoms with Gasteiger partial charge in [0.05, 0.1) is 6.54 Å². The van der Waals surface area contributed by atoms with Crippen molar-refractivity contribution in [1.82, 2.24) is 10.6 Å². The van der Waals surface area contributed by atoms with Crippen molar-refractivity contribution in [2.75, 3.05) is 12.3 Å². The maximum absolute atomic E-state index is 12.1. The number of rotatable bonds is 6. The lowest BCUT2D eigenvalue weighted by Crippen LogP contribution is -2.46. The average Bonchev–Trinajstić information content (AvgIpc) is 2.60. The molecular weight excluding hydrogens is 398 g/mol. The number of halogens is 1. The molecule has 0 aromatic heterocycles. The second kappa shape index (κ2) is 10.3. The van der Waals surface area contributed by atoms with E-state index in [2.05, 4.69) is 58.6 Å². The van der Waals surface area contributed by atoms with Crippen molar-refractivity contribution < 1.29 is 4.21 Å². The van der Waals surface area contributed by atoms with E-state index in [9.17, 15) is 4.21 Å². The van der Waals surface area contributed by atoms with Crippen LogP contribution in [0.1, 0.15) is 50.7 Å². The van der Waals surface area contributed by atoms with E-state index < -0.39 is 10.8 Å². The van der Waals surface area contributed by atoms with Gasteiger partial charge in [-0.05, 0) is 56.4 Å². The fourth-order valence-electron chi connectivity index (χ4n) is 3.26. The fourth-order valence-corrected chi connectivity index (χ4v) is 5.09. The molecule has 1 aliphatic carbocycles. The van der Waals surface area contributed by atoms with Crippen LogP contribution in [-0.2, 0) is 17.3 Å². The summed E-state index contributed by atoms with van der Waals surface area (Å²) in [6.07, 6.45) is 4.32. The molecule has 2 rings (SSSR count). The zero-order valence-electron chi connectivity index (χ0n) is 15.5. The molecule has 1 fully saturated rings. The molecule has 4 nitrogen and oxygen atoms in total. The van der Waals surface area contributed by atoms with Crippen LogP contribution in [0.2, 0.25) is 0 Å². The number of hydrogen-bond donors (Lipinski definition) is 2. The van der Waals surface area contributed by atoms with Crippen molar-refractivity contribution >= 4 is 32.7 Å². The van der Waals surface area contributed by atoms with Crippen molar-refractivity contribution in [1.29, 1.82) is 0 Å². The lowest BCUT2D eigenvalue weighted by molar-refractivity contribution is 0.413. The van der Waals surface area contributed by atoms with E-state index in [0.717, 1.165) is 48.4 Å². The summed E-state index contributed by atoms with van der Waals surface area (Å²) in [5.41, 5.74) is 2.47. The number of hydrogen-bond acceptors (Lipinski definition) is 2. The molecule has 0 amide bonds. The van der Waals surface area contributed by atoms with Crippen LogP contribution in [-0.4, -0.2) is 33.8 Å². The molecule has 0 radical (unpaired) electrons. The molecule has 0 heterocycles. The highest BCUT2D eigenvalue weighted by molar-refractivity contribution is 9.10. The molecule has 2 N–H and O–H groups in total. The minimum absolute atomic E-state index is 0.327. The second-order valence-electron chi connectivity index (χ2n) is 6.57. The van der Waals surface area contributed by atoms with Gasteiger partial charge >= 0.3 is 0 Å². The second-order valence-corrected chi connectivity index (χ2v) is 9.49. The maximum Gasteiger partial charge on any atom is 0.191 e. The Labute approximate surface area is 162 Å². The van der Waals surface area contributed by atoms with Gasteiger partial charge in [-0.15, -0.1) is 0 Å². The van der Waals surface area contributed by atoms with E-state index in [1.165, 1.54) is 11.1 Å². The van der Waals surface area contributed by atoms with Crippen molar-refractivity contribution in [2.24, 2.45) is 4.99 Å². The third-order valence-corrected chi connectivity index (χ3v) is 6.91. The number of guanidine groups is 1. The van der Waals surface area contributed by atoms with Crippen LogP contribution in [0.25, 0.3) is 0 Å². The summed E-state index contributed by atoms with van der Waals surface area (Å²) in [7, 11) is -0.696. The van der Waals surface area contributed by atoms with Crippen molar-refractivity contribution in [2.45, 2.75) is 64.3 Å². The predicted molar refractivity (Wildman–Crippen MR) is 112 cm³/mol. The minimum atomic E-state index is -0.696. The maximum atomic E-state index is 12.1. The van der Waals surface area contributed by atoms with Gasteiger partial charge in [-0.3, -0.25) is 4.21 Å². The fraction of sp³-hybridized carbons (Fsp3) is 0.632. The Bertz CT molecular complexity index is 621. The van der Waals surface area contributed by atoms with Gasteiger partial charge in [-0.25, -0.2) is 4.99 Å². The number of benzene rings is 1. The van der Waals surface area contributed by atoms with Crippen LogP contribution in [0.3, 0.4) is 0 Å². The molecule has 1 aromatic carbocycles. The quantitative estimate of drug-likeness (QED) is 0.534. The Morgan fingerprint density at radius 1 is 1.36 bits per heavy atom. The molecule has 140 valence electrons. The van der Waals surface area contributed by atoms with Gasteiger partial charge < -0.3 is 10.6 Å². The van der Waals surface area contributed by atoms with E-state index in [1.54, 1.807) is 0 Å². The van der Waals surface area contributed by atoms with Gasteiger partial charge in [-0.2, -0.15) is 0 Å². The summed E-state index contributed by atoms with van der Waals surface area (Å²) in [5.74, 6) is 1.62. The number of aryl methyl sites for hydroxylation is 1. The smallest absolute Gasteiger partial charge is 0.191 e. The first-order valence-electron chi connectivity index (χ1n) is 9.20. The molecule has 0 aliphatic heterocycles. The Balaban J connectivity index is 2.00. The summed E-state index contributed by atoms with van der Waals surface area (Å²) in [4.78, 5) is 4.76. The molecule has 0 saturated heterocycles. The molecule has 1 saturated carbocycles. The van der Waals surface area contributed by atoms with E-state index in [4.69, 9.17) is 4.99 Å². The van der Waals surface area contributed by atoms with E-state index in [1.807, 2.05) is 6.92 Å². The predicted octanol–water partition coefficient (Wildman–Crippen LogP) is 3.89. The van der Waals surface area contributed by atoms with Gasteiger partial charge in [0.25, 0.3) is 0 Å². The molecule has 3 unspecified atom stereocenters. The third-order valence-electron chi connectivity index (χ3n) is 4.68. The van der Waals surface area contributed by atoms with Crippen LogP contribution < -0.4 is 10.6 Å². The van der Waals surface area contributed by atoms with E-state index in [-0.39, 0.29) is 0 Å². The van der Waals surface area contributed by atoms with Gasteiger partial charge in [0.15, 0.2) is 5.96 Å². The van der Waals surface area contributed by atoms with Crippen molar-refractivity contribution in [3.63, 3.8) is 0 Å². The minimum Gasteiger partial charge on any atom is -0.357 e. The SMILES string of the molecule is CCNC(=NCc1ccc(Br)cc1C)NC1CCCC(S(=O)CC)C1. The Hall–Kier alpha value is -0.880. The van der Waals surface area contributed by atoms with Crippen LogP contribution in [0, 0.1) is 6.92 Å². The lowest BCUT2D eigenvalue weighted by Gasteiger charge is -2.30. The zero-order valence-corrected chi connectivity index (χ0v) is 17.9. The Morgan fingerprint density at radius 3 is 2.84 bits per heavy atom. The van der Waals surface area contributed by atoms with Crippen LogP contribution >= 0.6 is 15.9 Å². The van der Waals surface area contributed by atoms with Gasteiger partial charge in [0.2, 0.25) is 0 Å². The number of nitrogens with zero attached hydrogens (tertiary/aromatic N) is 1. The molecule has 0 spiro atoms. The summed E-state index contributed by atoms with van der Waals surface area (Å²) >= 11 is 3.50. The average molecular weight is 428 g/mol. The highest BCUT2D eigenvalue weighted by Crippen LogP contribution is 2.23. The first-order chi connectivity index (χ1) is 12.0. The molecule has 1 aliphatic rings. The first kappa shape index (κ1) is 20.4. The highest BCUT2D eigenvalue weighted by atomic mass is 79.9. The summed E-state index contributed by atoms with van der Waals surface area (Å²) < 4.78 is 13.2. The Morgan fingerprint density at radius 2 is 2.16 bits per heavy atom. The van der Waals surface area contributed by atoms with Gasteiger partial charge in [-0.1, -0.05) is 35.3 Å². The molecule has 1 aromatic rings. The van der Waals surface area contributed by atoms with Crippen molar-refractivity contribution in [3.8, 4) is 0 Å². The molecular formula is C19H30BrN3OS. The zero-order chi connectivity index (χ0) is 18.2. The van der Waals surface area contributed by atoms with Gasteiger partial charge in [0, 0.05) is 38.9 Å². The summed E-state index contributed by atoms with van der Waals surface area (Å²) in [6, 6.07) is 6.66. The first-order valence-corrected chi connectivity index (χ1v) is 11.4. The monoisotopic (exact) mass is 427 g/mol. The van der Waals surface area contributed by atoms with Crippen LogP contribution in [0.15, 0.2) is 27.7 Å². The normalized spacial score (nSPS) is 22.5. The third kappa shape index (κ3) is 6.41. The van der Waals surface area contributed by atoms with E-state index in [0.29, 0.717) is 17.8 Å². The van der Waals surface area contributed by atoms with Crippen molar-refractivity contribution in [3.05, 3.63) is 33.8 Å². The standard InChI is InChI=1S/C19H30BrN3OS/c1-4-21-19(22-13-15-9-10-16(20)11-14(15)3)23-17-7-6-8-18(12-17)25(24)5-2/h9-11,17-18H,4-8,12-13H2,1-3H3,(H2,21,22,23). The molecule has 6 heteroatoms. The molecule has 3 atom stereocenters. The van der Waals surface area contributed by atoms with E-state index >= 15 is 0 Å². The Kier molecular flexibility index (Phi) is 8.43. The topological polar surface area (TPSA) is 53.5 Å². The largest absolute Gasteiger partial charge is 0.357 e. The number of aliphatic imine (C=N–C) groups is 1. The molecule has 0 bridgehead atoms.